The number of nitrogens with one attached hydrogen (secondary N) is 2. The van der Waals surface area contributed by atoms with Crippen molar-refractivity contribution in [1.29, 1.82) is 0 Å². The Hall–Kier alpha value is -2.78. The van der Waals surface area contributed by atoms with Crippen LogP contribution in [-0.4, -0.2) is 41.3 Å². The van der Waals surface area contributed by atoms with Crippen LogP contribution in [-0.2, 0) is 10.0 Å². The number of aryl methyl sites for hydroxylation is 5. The molecule has 2 heterocycles. The molecule has 0 spiro atoms. The van der Waals surface area contributed by atoms with Crippen LogP contribution in [0.25, 0.3) is 5.82 Å². The number of hydrogen-bond donors (Lipinski definition) is 2. The fraction of sp³-hybridized carbons (Fsp3) is 0.350. The fourth-order valence-corrected chi connectivity index (χ4v) is 4.07. The van der Waals surface area contributed by atoms with E-state index in [1.807, 2.05) is 46.8 Å². The Balaban J connectivity index is 1.65. The molecular weight excluding hydrogens is 388 g/mol. The number of aromatic nitrogens is 4. The summed E-state index contributed by atoms with van der Waals surface area (Å²) in [5.74, 6) is 1.89. The molecule has 154 valence electrons. The summed E-state index contributed by atoms with van der Waals surface area (Å²) in [6, 6.07) is 8.88. The lowest BCUT2D eigenvalue weighted by Crippen LogP contribution is -2.29. The molecule has 2 N–H and O–H groups in total. The zero-order valence-electron chi connectivity index (χ0n) is 17.3. The molecule has 0 aliphatic carbocycles. The van der Waals surface area contributed by atoms with E-state index < -0.39 is 10.0 Å². The average Bonchev–Trinajstić information content (AvgIpc) is 2.99. The van der Waals surface area contributed by atoms with E-state index in [4.69, 9.17) is 0 Å². The molecule has 0 fully saturated rings. The van der Waals surface area contributed by atoms with Crippen LogP contribution in [0.1, 0.15) is 28.3 Å². The number of rotatable bonds is 7. The Morgan fingerprint density at radius 1 is 0.931 bits per heavy atom. The molecule has 3 rings (SSSR count). The van der Waals surface area contributed by atoms with Crippen LogP contribution < -0.4 is 10.0 Å². The third kappa shape index (κ3) is 4.99. The van der Waals surface area contributed by atoms with Crippen molar-refractivity contribution in [1.82, 2.24) is 24.5 Å². The molecule has 0 bridgehead atoms. The highest BCUT2D eigenvalue weighted by Crippen LogP contribution is 2.15. The van der Waals surface area contributed by atoms with Crippen molar-refractivity contribution >= 4 is 15.8 Å². The molecule has 0 saturated heterocycles. The Morgan fingerprint density at radius 2 is 1.69 bits per heavy atom. The van der Waals surface area contributed by atoms with Gasteiger partial charge in [0, 0.05) is 24.8 Å². The van der Waals surface area contributed by atoms with Crippen molar-refractivity contribution < 1.29 is 8.42 Å². The van der Waals surface area contributed by atoms with Gasteiger partial charge in [-0.2, -0.15) is 5.10 Å². The molecule has 0 aliphatic rings. The van der Waals surface area contributed by atoms with Gasteiger partial charge in [0.1, 0.15) is 11.6 Å². The molecule has 29 heavy (non-hydrogen) atoms. The minimum Gasteiger partial charge on any atom is -0.369 e. The fourth-order valence-electron chi connectivity index (χ4n) is 2.95. The van der Waals surface area contributed by atoms with Gasteiger partial charge in [0.25, 0.3) is 0 Å². The van der Waals surface area contributed by atoms with E-state index in [-0.39, 0.29) is 11.4 Å². The zero-order chi connectivity index (χ0) is 21.2. The van der Waals surface area contributed by atoms with Gasteiger partial charge in [-0.1, -0.05) is 6.07 Å². The van der Waals surface area contributed by atoms with Crippen molar-refractivity contribution in [3.63, 3.8) is 0 Å². The molecule has 0 saturated carbocycles. The molecule has 1 aromatic carbocycles. The lowest BCUT2D eigenvalue weighted by atomic mass is 10.1. The van der Waals surface area contributed by atoms with E-state index in [2.05, 4.69) is 25.1 Å². The van der Waals surface area contributed by atoms with Crippen LogP contribution >= 0.6 is 0 Å². The van der Waals surface area contributed by atoms with E-state index in [1.165, 1.54) is 0 Å². The maximum atomic E-state index is 12.5. The highest BCUT2D eigenvalue weighted by atomic mass is 32.2. The monoisotopic (exact) mass is 414 g/mol. The molecule has 0 unspecified atom stereocenters. The molecule has 0 radical (unpaired) electrons. The number of benzene rings is 1. The van der Waals surface area contributed by atoms with Crippen LogP contribution in [0.5, 0.6) is 0 Å². The second-order valence-corrected chi connectivity index (χ2v) is 8.84. The Kier molecular flexibility index (Phi) is 5.99. The van der Waals surface area contributed by atoms with E-state index in [1.54, 1.807) is 22.9 Å². The van der Waals surface area contributed by atoms with Crippen LogP contribution in [0, 0.1) is 34.6 Å². The van der Waals surface area contributed by atoms with Gasteiger partial charge in [0.05, 0.1) is 10.6 Å². The summed E-state index contributed by atoms with van der Waals surface area (Å²) in [6.07, 6.45) is 0. The third-order valence-electron chi connectivity index (χ3n) is 4.56. The van der Waals surface area contributed by atoms with Gasteiger partial charge in [-0.3, -0.25) is 0 Å². The summed E-state index contributed by atoms with van der Waals surface area (Å²) in [5.41, 5.74) is 3.89. The minimum atomic E-state index is -3.55. The lowest BCUT2D eigenvalue weighted by Gasteiger charge is -2.11. The maximum absolute atomic E-state index is 12.5. The summed E-state index contributed by atoms with van der Waals surface area (Å²) in [7, 11) is -3.55. The van der Waals surface area contributed by atoms with Gasteiger partial charge in [-0.15, -0.1) is 0 Å². The van der Waals surface area contributed by atoms with Gasteiger partial charge < -0.3 is 5.32 Å². The molecule has 0 aliphatic heterocycles. The maximum Gasteiger partial charge on any atom is 0.240 e. The predicted molar refractivity (Wildman–Crippen MR) is 113 cm³/mol. The third-order valence-corrected chi connectivity index (χ3v) is 6.02. The molecule has 3 aromatic rings. The van der Waals surface area contributed by atoms with Crippen LogP contribution in [0.3, 0.4) is 0 Å². The van der Waals surface area contributed by atoms with Gasteiger partial charge in [-0.05, 0) is 63.9 Å². The molecule has 9 heteroatoms. The smallest absolute Gasteiger partial charge is 0.240 e. The molecule has 8 nitrogen and oxygen atoms in total. The van der Waals surface area contributed by atoms with E-state index in [0.717, 1.165) is 22.5 Å². The number of anilines is 1. The van der Waals surface area contributed by atoms with Gasteiger partial charge in [0.15, 0.2) is 5.82 Å². The molecule has 0 atom stereocenters. The summed E-state index contributed by atoms with van der Waals surface area (Å²) in [5, 5.41) is 7.59. The van der Waals surface area contributed by atoms with Crippen LogP contribution in [0.2, 0.25) is 0 Å². The van der Waals surface area contributed by atoms with Crippen molar-refractivity contribution in [2.24, 2.45) is 0 Å². The first-order valence-corrected chi connectivity index (χ1v) is 10.8. The second kappa shape index (κ2) is 8.30. The highest BCUT2D eigenvalue weighted by molar-refractivity contribution is 7.89. The molecule has 2 aromatic heterocycles. The first-order valence-electron chi connectivity index (χ1n) is 9.36. The quantitative estimate of drug-likeness (QED) is 0.576. The minimum absolute atomic E-state index is 0.230. The number of sulfonamides is 1. The largest absolute Gasteiger partial charge is 0.369 e. The van der Waals surface area contributed by atoms with Gasteiger partial charge in [-0.25, -0.2) is 27.8 Å². The summed E-state index contributed by atoms with van der Waals surface area (Å²) >= 11 is 0. The summed E-state index contributed by atoms with van der Waals surface area (Å²) in [6.45, 7) is 10.2. The van der Waals surface area contributed by atoms with Crippen molar-refractivity contribution in [3.8, 4) is 5.82 Å². The van der Waals surface area contributed by atoms with Crippen molar-refractivity contribution in [2.45, 2.75) is 39.5 Å². The first kappa shape index (κ1) is 20.9. The summed E-state index contributed by atoms with van der Waals surface area (Å²) in [4.78, 5) is 9.08. The highest BCUT2D eigenvalue weighted by Gasteiger charge is 2.14. The van der Waals surface area contributed by atoms with E-state index >= 15 is 0 Å². The Labute approximate surface area is 171 Å². The number of hydrogen-bond acceptors (Lipinski definition) is 6. The van der Waals surface area contributed by atoms with Crippen LogP contribution in [0.4, 0.5) is 5.82 Å². The summed E-state index contributed by atoms with van der Waals surface area (Å²) < 4.78 is 29.3. The standard InChI is InChI=1S/C20H26N6O2S/c1-13-6-7-18(10-14(13)2)29(27,28)22-9-8-21-19-12-20(24-17(5)23-19)26-16(4)11-15(3)25-26/h6-7,10-12,22H,8-9H2,1-5H3,(H,21,23,24). The van der Waals surface area contributed by atoms with E-state index in [0.29, 0.717) is 24.0 Å². The Bertz CT molecular complexity index is 1140. The molecular formula is C20H26N6O2S. The Morgan fingerprint density at radius 3 is 2.34 bits per heavy atom. The first-order chi connectivity index (χ1) is 13.7. The lowest BCUT2D eigenvalue weighted by molar-refractivity contribution is 0.582. The second-order valence-electron chi connectivity index (χ2n) is 7.07. The predicted octanol–water partition coefficient (Wildman–Crippen LogP) is 2.59. The van der Waals surface area contributed by atoms with Gasteiger partial charge in [0.2, 0.25) is 10.0 Å². The SMILES string of the molecule is Cc1cc(C)n(-c2cc(NCCNS(=O)(=O)c3ccc(C)c(C)c3)nc(C)n2)n1. The average molecular weight is 415 g/mol. The van der Waals surface area contributed by atoms with Crippen molar-refractivity contribution in [2.75, 3.05) is 18.4 Å². The zero-order valence-corrected chi connectivity index (χ0v) is 18.1. The van der Waals surface area contributed by atoms with Crippen LogP contribution in [0.15, 0.2) is 35.2 Å². The van der Waals surface area contributed by atoms with E-state index in [9.17, 15) is 8.42 Å². The van der Waals surface area contributed by atoms with Gasteiger partial charge >= 0.3 is 0 Å². The molecule has 0 amide bonds. The topological polar surface area (TPSA) is 102 Å². The normalized spacial score (nSPS) is 11.6. The van der Waals surface area contributed by atoms with Crippen molar-refractivity contribution in [3.05, 3.63) is 58.7 Å². The number of nitrogens with zero attached hydrogens (tertiary/aromatic N) is 4.